The number of esters is 3. The van der Waals surface area contributed by atoms with E-state index in [1.54, 1.807) is 0 Å². The Bertz CT molecular complexity index is 1210. The molecule has 0 N–H and O–H groups in total. The van der Waals surface area contributed by atoms with E-state index in [2.05, 4.69) is 81.5 Å². The Morgan fingerprint density at radius 1 is 0.299 bits per heavy atom. The van der Waals surface area contributed by atoms with Crippen molar-refractivity contribution in [1.29, 1.82) is 0 Å². The Morgan fingerprint density at radius 3 is 0.866 bits per heavy atom. The molecule has 0 amide bonds. The molecular formula is C61H108O6. The summed E-state index contributed by atoms with van der Waals surface area (Å²) in [5.41, 5.74) is 0. The molecule has 0 saturated carbocycles. The number of hydrogen-bond donors (Lipinski definition) is 0. The molecule has 0 aromatic heterocycles. The molecule has 0 rings (SSSR count). The smallest absolute Gasteiger partial charge is 0.306 e. The summed E-state index contributed by atoms with van der Waals surface area (Å²) < 4.78 is 16.9. The van der Waals surface area contributed by atoms with Crippen LogP contribution >= 0.6 is 0 Å². The standard InChI is InChI=1S/C61H108O6/c1-4-7-10-13-16-19-22-25-28-30-33-36-39-42-45-48-51-54-60(63)66-57-58(56-65-59(62)53-50-47-44-41-38-35-32-27-24-21-18-15-12-9-6-3)67-61(64)55-52-49-46-43-40-37-34-31-29-26-23-20-17-14-11-8-5-2/h16-17,19-20,25-26,28-29,33,36,58H,4-15,18,21-24,27,30-32,34-35,37-57H2,1-3H3/b19-16+,20-17+,28-25+,29-26+,36-33+/t58-/m1/s1. The van der Waals surface area contributed by atoms with Gasteiger partial charge in [0.25, 0.3) is 0 Å². The zero-order valence-corrected chi connectivity index (χ0v) is 44.4. The van der Waals surface area contributed by atoms with Gasteiger partial charge in [0, 0.05) is 19.3 Å². The number of hydrogen-bond acceptors (Lipinski definition) is 6. The molecule has 0 aromatic rings. The molecule has 6 heteroatoms. The highest BCUT2D eigenvalue weighted by atomic mass is 16.6. The van der Waals surface area contributed by atoms with Gasteiger partial charge in [-0.15, -0.1) is 0 Å². The second kappa shape index (κ2) is 55.7. The van der Waals surface area contributed by atoms with Crippen molar-refractivity contribution >= 4 is 17.9 Å². The van der Waals surface area contributed by atoms with Crippen LogP contribution in [0.4, 0.5) is 0 Å². The van der Waals surface area contributed by atoms with Gasteiger partial charge in [-0.05, 0) is 89.9 Å². The van der Waals surface area contributed by atoms with E-state index in [9.17, 15) is 14.4 Å². The normalized spacial score (nSPS) is 12.5. The van der Waals surface area contributed by atoms with Gasteiger partial charge in [-0.1, -0.05) is 242 Å². The lowest BCUT2D eigenvalue weighted by molar-refractivity contribution is -0.167. The molecular weight excluding hydrogens is 829 g/mol. The molecule has 6 nitrogen and oxygen atoms in total. The Hall–Kier alpha value is -2.89. The summed E-state index contributed by atoms with van der Waals surface area (Å²) in [5, 5.41) is 0. The number of ether oxygens (including phenoxy) is 3. The van der Waals surface area contributed by atoms with Crippen LogP contribution in [0.2, 0.25) is 0 Å². The first-order valence-electron chi connectivity index (χ1n) is 28.8. The van der Waals surface area contributed by atoms with Crippen LogP contribution in [0.15, 0.2) is 60.8 Å². The van der Waals surface area contributed by atoms with Gasteiger partial charge in [0.1, 0.15) is 13.2 Å². The Balaban J connectivity index is 4.42. The fourth-order valence-electron chi connectivity index (χ4n) is 8.13. The minimum absolute atomic E-state index is 0.0823. The number of rotatable bonds is 52. The average molecular weight is 938 g/mol. The van der Waals surface area contributed by atoms with E-state index in [4.69, 9.17) is 14.2 Å². The van der Waals surface area contributed by atoms with Gasteiger partial charge in [-0.2, -0.15) is 0 Å². The third-order valence-electron chi connectivity index (χ3n) is 12.5. The molecule has 0 heterocycles. The first-order valence-corrected chi connectivity index (χ1v) is 28.8. The molecule has 0 spiro atoms. The van der Waals surface area contributed by atoms with Crippen molar-refractivity contribution in [2.45, 2.75) is 297 Å². The van der Waals surface area contributed by atoms with Crippen molar-refractivity contribution < 1.29 is 28.6 Å². The third kappa shape index (κ3) is 53.9. The van der Waals surface area contributed by atoms with Crippen LogP contribution < -0.4 is 0 Å². The largest absolute Gasteiger partial charge is 0.462 e. The van der Waals surface area contributed by atoms with Crippen LogP contribution in [0.25, 0.3) is 0 Å². The molecule has 67 heavy (non-hydrogen) atoms. The maximum atomic E-state index is 12.9. The van der Waals surface area contributed by atoms with E-state index in [1.807, 2.05) is 0 Å². The number of allylic oxidation sites excluding steroid dienone is 10. The van der Waals surface area contributed by atoms with Crippen LogP contribution in [-0.2, 0) is 28.6 Å². The maximum absolute atomic E-state index is 12.9. The summed E-state index contributed by atoms with van der Waals surface area (Å²) in [5.74, 6) is -0.901. The minimum atomic E-state index is -0.786. The Labute approximate surface area is 415 Å². The van der Waals surface area contributed by atoms with Gasteiger partial charge in [0.15, 0.2) is 6.10 Å². The van der Waals surface area contributed by atoms with E-state index >= 15 is 0 Å². The quantitative estimate of drug-likeness (QED) is 0.0262. The SMILES string of the molecule is CCCCC/C=C/C/C=C/C/C=C/CCCCCCC(=O)OC[C@@H](COC(=O)CCCCCCCCCCCCCCCCC)OC(=O)CCCCCCCCC/C=C/C/C=C/CCCCC. The third-order valence-corrected chi connectivity index (χ3v) is 12.5. The monoisotopic (exact) mass is 937 g/mol. The van der Waals surface area contributed by atoms with E-state index in [1.165, 1.54) is 154 Å². The lowest BCUT2D eigenvalue weighted by atomic mass is 10.0. The lowest BCUT2D eigenvalue weighted by Gasteiger charge is -2.18. The molecule has 388 valence electrons. The predicted molar refractivity (Wildman–Crippen MR) is 288 cm³/mol. The summed E-state index contributed by atoms with van der Waals surface area (Å²) in [4.78, 5) is 38.2. The second-order valence-corrected chi connectivity index (χ2v) is 19.2. The van der Waals surface area contributed by atoms with Crippen molar-refractivity contribution in [1.82, 2.24) is 0 Å². The fourth-order valence-corrected chi connectivity index (χ4v) is 8.13. The van der Waals surface area contributed by atoms with E-state index in [-0.39, 0.29) is 31.1 Å². The van der Waals surface area contributed by atoms with Crippen LogP contribution in [0.5, 0.6) is 0 Å². The number of carbonyl (C=O) groups excluding carboxylic acids is 3. The highest BCUT2D eigenvalue weighted by molar-refractivity contribution is 5.71. The summed E-state index contributed by atoms with van der Waals surface area (Å²) in [6.45, 7) is 6.59. The highest BCUT2D eigenvalue weighted by Gasteiger charge is 2.19. The van der Waals surface area contributed by atoms with Gasteiger partial charge >= 0.3 is 17.9 Å². The zero-order chi connectivity index (χ0) is 48.6. The molecule has 0 bridgehead atoms. The number of carbonyl (C=O) groups is 3. The highest BCUT2D eigenvalue weighted by Crippen LogP contribution is 2.16. The van der Waals surface area contributed by atoms with Crippen LogP contribution in [0, 0.1) is 0 Å². The maximum Gasteiger partial charge on any atom is 0.306 e. The molecule has 0 aromatic carbocycles. The first kappa shape index (κ1) is 64.1. The van der Waals surface area contributed by atoms with Crippen LogP contribution in [0.3, 0.4) is 0 Å². The summed E-state index contributed by atoms with van der Waals surface area (Å²) in [6.07, 6.45) is 69.1. The molecule has 0 aliphatic rings. The molecule has 0 aliphatic carbocycles. The molecule has 1 atom stereocenters. The van der Waals surface area contributed by atoms with E-state index < -0.39 is 6.10 Å². The summed E-state index contributed by atoms with van der Waals surface area (Å²) in [6, 6.07) is 0. The van der Waals surface area contributed by atoms with Crippen molar-refractivity contribution in [2.75, 3.05) is 13.2 Å². The van der Waals surface area contributed by atoms with Gasteiger partial charge < -0.3 is 14.2 Å². The molecule has 0 radical (unpaired) electrons. The van der Waals surface area contributed by atoms with Gasteiger partial charge in [0.2, 0.25) is 0 Å². The van der Waals surface area contributed by atoms with Gasteiger partial charge in [-0.25, -0.2) is 0 Å². The molecule has 0 fully saturated rings. The number of unbranched alkanes of at least 4 members (excludes halogenated alkanes) is 31. The lowest BCUT2D eigenvalue weighted by Crippen LogP contribution is -2.30. The van der Waals surface area contributed by atoms with Crippen LogP contribution in [-0.4, -0.2) is 37.2 Å². The molecule has 0 aliphatic heterocycles. The summed E-state index contributed by atoms with van der Waals surface area (Å²) >= 11 is 0. The fraction of sp³-hybridized carbons (Fsp3) is 0.787. The van der Waals surface area contributed by atoms with Crippen LogP contribution in [0.1, 0.15) is 290 Å². The predicted octanol–water partition coefficient (Wildman–Crippen LogP) is 19.2. The Kier molecular flexibility index (Phi) is 53.3. The average Bonchev–Trinajstić information content (AvgIpc) is 3.33. The topological polar surface area (TPSA) is 78.9 Å². The van der Waals surface area contributed by atoms with Crippen molar-refractivity contribution in [3.8, 4) is 0 Å². The second-order valence-electron chi connectivity index (χ2n) is 19.2. The van der Waals surface area contributed by atoms with Gasteiger partial charge in [-0.3, -0.25) is 14.4 Å². The molecule has 0 unspecified atom stereocenters. The first-order chi connectivity index (χ1) is 33.0. The van der Waals surface area contributed by atoms with Crippen molar-refractivity contribution in [3.05, 3.63) is 60.8 Å². The summed E-state index contributed by atoms with van der Waals surface area (Å²) in [7, 11) is 0. The zero-order valence-electron chi connectivity index (χ0n) is 44.4. The van der Waals surface area contributed by atoms with Crippen molar-refractivity contribution in [3.63, 3.8) is 0 Å². The minimum Gasteiger partial charge on any atom is -0.462 e. The van der Waals surface area contributed by atoms with Gasteiger partial charge in [0.05, 0.1) is 0 Å². The Morgan fingerprint density at radius 2 is 0.537 bits per heavy atom. The van der Waals surface area contributed by atoms with E-state index in [0.29, 0.717) is 19.3 Å². The molecule has 0 saturated heterocycles. The van der Waals surface area contributed by atoms with Crippen molar-refractivity contribution in [2.24, 2.45) is 0 Å². The van der Waals surface area contributed by atoms with E-state index in [0.717, 1.165) is 96.3 Å².